The van der Waals surface area contributed by atoms with Crippen molar-refractivity contribution >= 4 is 33.2 Å². The van der Waals surface area contributed by atoms with Crippen molar-refractivity contribution in [3.8, 4) is 0 Å². The lowest BCUT2D eigenvalue weighted by Gasteiger charge is -2.27. The molecular weight excluding hydrogens is 274 g/mol. The zero-order valence-electron chi connectivity index (χ0n) is 8.41. The molecule has 2 nitrogen and oxygen atoms in total. The SMILES string of the molecule is O=C(NC1CCCCC1Br)c1cccs1. The van der Waals surface area contributed by atoms with Gasteiger partial charge in [0.15, 0.2) is 0 Å². The molecule has 1 aromatic rings. The molecule has 1 saturated carbocycles. The quantitative estimate of drug-likeness (QED) is 0.832. The number of thiophene rings is 1. The maximum Gasteiger partial charge on any atom is 0.261 e. The van der Waals surface area contributed by atoms with E-state index >= 15 is 0 Å². The number of nitrogens with one attached hydrogen (secondary N) is 1. The van der Waals surface area contributed by atoms with Crippen LogP contribution in [-0.4, -0.2) is 16.8 Å². The number of hydrogen-bond donors (Lipinski definition) is 1. The first kappa shape index (κ1) is 11.1. The monoisotopic (exact) mass is 287 g/mol. The molecule has 2 rings (SSSR count). The first-order valence-corrected chi connectivity index (χ1v) is 7.05. The van der Waals surface area contributed by atoms with Crippen molar-refractivity contribution in [2.75, 3.05) is 0 Å². The van der Waals surface area contributed by atoms with Crippen LogP contribution in [0.4, 0.5) is 0 Å². The molecule has 1 fully saturated rings. The van der Waals surface area contributed by atoms with Crippen LogP contribution in [-0.2, 0) is 0 Å². The Kier molecular flexibility index (Phi) is 3.81. The van der Waals surface area contributed by atoms with E-state index in [0.717, 1.165) is 17.7 Å². The van der Waals surface area contributed by atoms with Gasteiger partial charge in [0, 0.05) is 10.9 Å². The molecule has 1 aliphatic rings. The molecule has 0 aromatic carbocycles. The van der Waals surface area contributed by atoms with Crippen molar-refractivity contribution < 1.29 is 4.79 Å². The topological polar surface area (TPSA) is 29.1 Å². The Hall–Kier alpha value is -0.350. The Labute approximate surface area is 102 Å². The van der Waals surface area contributed by atoms with Crippen LogP contribution in [0.15, 0.2) is 17.5 Å². The highest BCUT2D eigenvalue weighted by Gasteiger charge is 2.24. The summed E-state index contributed by atoms with van der Waals surface area (Å²) in [5, 5.41) is 5.03. The van der Waals surface area contributed by atoms with E-state index in [2.05, 4.69) is 21.2 Å². The van der Waals surface area contributed by atoms with E-state index in [1.165, 1.54) is 24.2 Å². The molecule has 4 heteroatoms. The van der Waals surface area contributed by atoms with Crippen LogP contribution in [0.1, 0.15) is 35.4 Å². The summed E-state index contributed by atoms with van der Waals surface area (Å²) in [7, 11) is 0. The van der Waals surface area contributed by atoms with Gasteiger partial charge in [-0.3, -0.25) is 4.79 Å². The Bertz CT molecular complexity index is 325. The summed E-state index contributed by atoms with van der Waals surface area (Å²) in [6.07, 6.45) is 4.74. The van der Waals surface area contributed by atoms with Gasteiger partial charge in [-0.05, 0) is 24.3 Å². The first-order valence-electron chi connectivity index (χ1n) is 5.26. The van der Waals surface area contributed by atoms with Gasteiger partial charge in [0.2, 0.25) is 0 Å². The lowest BCUT2D eigenvalue weighted by atomic mass is 9.95. The fourth-order valence-corrected chi connectivity index (χ4v) is 3.24. The number of carbonyl (C=O) groups excluding carboxylic acids is 1. The highest BCUT2D eigenvalue weighted by Crippen LogP contribution is 2.24. The zero-order chi connectivity index (χ0) is 10.7. The predicted molar refractivity (Wildman–Crippen MR) is 66.8 cm³/mol. The van der Waals surface area contributed by atoms with Crippen LogP contribution in [0.2, 0.25) is 0 Å². The van der Waals surface area contributed by atoms with E-state index in [1.54, 1.807) is 0 Å². The lowest BCUT2D eigenvalue weighted by Crippen LogP contribution is -2.42. The molecule has 0 radical (unpaired) electrons. The maximum atomic E-state index is 11.8. The van der Waals surface area contributed by atoms with Gasteiger partial charge in [0.25, 0.3) is 5.91 Å². The molecule has 2 atom stereocenters. The summed E-state index contributed by atoms with van der Waals surface area (Å²) in [4.78, 5) is 13.0. The van der Waals surface area contributed by atoms with Gasteiger partial charge in [0.1, 0.15) is 0 Å². The van der Waals surface area contributed by atoms with E-state index in [9.17, 15) is 4.79 Å². The predicted octanol–water partition coefficient (Wildman–Crippen LogP) is 3.18. The average molecular weight is 288 g/mol. The summed E-state index contributed by atoms with van der Waals surface area (Å²) in [6.45, 7) is 0. The number of carbonyl (C=O) groups is 1. The van der Waals surface area contributed by atoms with Crippen molar-refractivity contribution in [1.82, 2.24) is 5.32 Å². The second-order valence-corrected chi connectivity index (χ2v) is 5.98. The van der Waals surface area contributed by atoms with Gasteiger partial charge < -0.3 is 5.32 Å². The van der Waals surface area contributed by atoms with Crippen molar-refractivity contribution in [3.63, 3.8) is 0 Å². The van der Waals surface area contributed by atoms with Crippen LogP contribution in [0, 0.1) is 0 Å². The lowest BCUT2D eigenvalue weighted by molar-refractivity contribution is 0.0934. The third kappa shape index (κ3) is 2.82. The van der Waals surface area contributed by atoms with Gasteiger partial charge in [0.05, 0.1) is 4.88 Å². The first-order chi connectivity index (χ1) is 7.27. The van der Waals surface area contributed by atoms with Crippen LogP contribution >= 0.6 is 27.3 Å². The van der Waals surface area contributed by atoms with Crippen molar-refractivity contribution in [2.45, 2.75) is 36.6 Å². The molecule has 15 heavy (non-hydrogen) atoms. The van der Waals surface area contributed by atoms with Crippen molar-refractivity contribution in [1.29, 1.82) is 0 Å². The molecular formula is C11H14BrNOS. The smallest absolute Gasteiger partial charge is 0.261 e. The minimum atomic E-state index is 0.0707. The van der Waals surface area contributed by atoms with E-state index in [0.29, 0.717) is 10.9 Å². The minimum Gasteiger partial charge on any atom is -0.347 e. The van der Waals surface area contributed by atoms with Gasteiger partial charge in [-0.1, -0.05) is 34.8 Å². The van der Waals surface area contributed by atoms with Gasteiger partial charge in [-0.15, -0.1) is 11.3 Å². The molecule has 1 aromatic heterocycles. The van der Waals surface area contributed by atoms with Crippen molar-refractivity contribution in [3.05, 3.63) is 22.4 Å². The maximum absolute atomic E-state index is 11.8. The molecule has 1 N–H and O–H groups in total. The van der Waals surface area contributed by atoms with Gasteiger partial charge >= 0.3 is 0 Å². The van der Waals surface area contributed by atoms with Gasteiger partial charge in [-0.2, -0.15) is 0 Å². The standard InChI is InChI=1S/C11H14BrNOS/c12-8-4-1-2-5-9(8)13-11(14)10-6-3-7-15-10/h3,6-9H,1-2,4-5H2,(H,13,14). The zero-order valence-corrected chi connectivity index (χ0v) is 10.8. The molecule has 0 bridgehead atoms. The molecule has 0 aliphatic heterocycles. The Balaban J connectivity index is 1.93. The van der Waals surface area contributed by atoms with Gasteiger partial charge in [-0.25, -0.2) is 0 Å². The molecule has 2 unspecified atom stereocenters. The number of alkyl halides is 1. The van der Waals surface area contributed by atoms with E-state index in [4.69, 9.17) is 0 Å². The Morgan fingerprint density at radius 2 is 2.27 bits per heavy atom. The number of halogens is 1. The largest absolute Gasteiger partial charge is 0.347 e. The average Bonchev–Trinajstić information content (AvgIpc) is 2.74. The molecule has 1 aliphatic carbocycles. The van der Waals surface area contributed by atoms with Crippen LogP contribution in [0.25, 0.3) is 0 Å². The number of hydrogen-bond acceptors (Lipinski definition) is 2. The highest BCUT2D eigenvalue weighted by atomic mass is 79.9. The molecule has 0 spiro atoms. The number of amides is 1. The summed E-state index contributed by atoms with van der Waals surface area (Å²) in [5.41, 5.74) is 0. The third-order valence-electron chi connectivity index (χ3n) is 2.74. The van der Waals surface area contributed by atoms with Crippen LogP contribution < -0.4 is 5.32 Å². The summed E-state index contributed by atoms with van der Waals surface area (Å²) in [6, 6.07) is 4.08. The van der Waals surface area contributed by atoms with Crippen LogP contribution in [0.3, 0.4) is 0 Å². The molecule has 0 saturated heterocycles. The number of rotatable bonds is 2. The van der Waals surface area contributed by atoms with Crippen molar-refractivity contribution in [2.24, 2.45) is 0 Å². The highest BCUT2D eigenvalue weighted by molar-refractivity contribution is 9.09. The van der Waals surface area contributed by atoms with Crippen LogP contribution in [0.5, 0.6) is 0 Å². The van der Waals surface area contributed by atoms with E-state index in [1.807, 2.05) is 17.5 Å². The molecule has 1 heterocycles. The summed E-state index contributed by atoms with van der Waals surface area (Å²) in [5.74, 6) is 0.0707. The second kappa shape index (κ2) is 5.12. The normalized spacial score (nSPS) is 26.2. The fourth-order valence-electron chi connectivity index (χ4n) is 1.90. The summed E-state index contributed by atoms with van der Waals surface area (Å²) < 4.78 is 0. The summed E-state index contributed by atoms with van der Waals surface area (Å²) >= 11 is 5.13. The molecule has 1 amide bonds. The molecule has 82 valence electrons. The Morgan fingerprint density at radius 3 is 2.93 bits per heavy atom. The second-order valence-electron chi connectivity index (χ2n) is 3.86. The Morgan fingerprint density at radius 1 is 1.47 bits per heavy atom. The third-order valence-corrected chi connectivity index (χ3v) is 4.71. The van der Waals surface area contributed by atoms with E-state index in [-0.39, 0.29) is 5.91 Å². The minimum absolute atomic E-state index is 0.0707. The fraction of sp³-hybridized carbons (Fsp3) is 0.545. The van der Waals surface area contributed by atoms with E-state index < -0.39 is 0 Å².